The van der Waals surface area contributed by atoms with Crippen molar-refractivity contribution in [3.63, 3.8) is 0 Å². The van der Waals surface area contributed by atoms with Gasteiger partial charge in [-0.2, -0.15) is 0 Å². The van der Waals surface area contributed by atoms with Gasteiger partial charge in [-0.3, -0.25) is 4.79 Å². The van der Waals surface area contributed by atoms with Crippen LogP contribution < -0.4 is 0 Å². The van der Waals surface area contributed by atoms with Crippen LogP contribution in [0.1, 0.15) is 77.2 Å². The van der Waals surface area contributed by atoms with Gasteiger partial charge in [0.1, 0.15) is 0 Å². The largest absolute Gasteiger partial charge is 0.294 e. The first-order chi connectivity index (χ1) is 13.0. The number of carbonyl (C=O) groups excluding carboxylic acids is 1. The summed E-state index contributed by atoms with van der Waals surface area (Å²) in [5.74, 6) is 3.63. The first-order valence-electron chi connectivity index (χ1n) is 11.3. The van der Waals surface area contributed by atoms with Gasteiger partial charge < -0.3 is 0 Å². The van der Waals surface area contributed by atoms with Crippen LogP contribution >= 0.6 is 0 Å². The molecule has 4 fully saturated rings. The van der Waals surface area contributed by atoms with Crippen molar-refractivity contribution in [2.75, 3.05) is 0 Å². The second kappa shape index (κ2) is 6.33. The molecule has 1 nitrogen and oxygen atoms in total. The molecule has 1 heteroatoms. The SMILES string of the molecule is C[C@]12CCCC[C@@H]1CC[C@H]1[C@H]3C/C(=C/c4ccccc4)C(=O)[C@@]3(C)CC[C@@H]12. The Kier molecular flexibility index (Phi) is 4.15. The number of hydrogen-bond donors (Lipinski definition) is 0. The maximum Gasteiger partial charge on any atom is 0.165 e. The number of hydrogen-bond acceptors (Lipinski definition) is 1. The van der Waals surface area contributed by atoms with Crippen LogP contribution in [0.4, 0.5) is 0 Å². The summed E-state index contributed by atoms with van der Waals surface area (Å²) in [5, 5.41) is 0. The molecule has 0 unspecified atom stereocenters. The summed E-state index contributed by atoms with van der Waals surface area (Å²) < 4.78 is 0. The van der Waals surface area contributed by atoms with E-state index in [0.717, 1.165) is 36.2 Å². The Bertz CT molecular complexity index is 762. The van der Waals surface area contributed by atoms with Crippen molar-refractivity contribution in [1.82, 2.24) is 0 Å². The van der Waals surface area contributed by atoms with E-state index in [-0.39, 0.29) is 5.41 Å². The van der Waals surface area contributed by atoms with E-state index in [9.17, 15) is 4.79 Å². The van der Waals surface area contributed by atoms with Crippen molar-refractivity contribution in [2.24, 2.45) is 34.5 Å². The summed E-state index contributed by atoms with van der Waals surface area (Å²) in [6.45, 7) is 4.92. The third-order valence-electron chi connectivity index (χ3n) is 9.36. The normalized spacial score (nSPS) is 45.3. The molecular formula is C26H34O. The standard InChI is InChI=1S/C26H34O/c1-25-14-7-6-10-20(25)11-12-21-22(25)13-15-26(2)23(21)17-19(24(26)27)16-18-8-4-3-5-9-18/h3-5,8-9,16,20-23H,6-7,10-15,17H2,1-2H3/b19-16-/t20-,21-,22+,23-,25+,26+/m1/s1. The topological polar surface area (TPSA) is 17.1 Å². The molecule has 4 aliphatic rings. The summed E-state index contributed by atoms with van der Waals surface area (Å²) >= 11 is 0. The lowest BCUT2D eigenvalue weighted by atomic mass is 9.45. The highest BCUT2D eigenvalue weighted by Gasteiger charge is 2.60. The Morgan fingerprint density at radius 2 is 1.74 bits per heavy atom. The van der Waals surface area contributed by atoms with Gasteiger partial charge in [-0.25, -0.2) is 0 Å². The molecule has 27 heavy (non-hydrogen) atoms. The van der Waals surface area contributed by atoms with Gasteiger partial charge in [0.15, 0.2) is 5.78 Å². The van der Waals surface area contributed by atoms with Crippen molar-refractivity contribution in [3.8, 4) is 0 Å². The van der Waals surface area contributed by atoms with E-state index in [2.05, 4.69) is 44.2 Å². The first kappa shape index (κ1) is 17.7. The molecule has 1 aromatic rings. The number of allylic oxidation sites excluding steroid dienone is 1. The third-order valence-corrected chi connectivity index (χ3v) is 9.36. The van der Waals surface area contributed by atoms with Gasteiger partial charge in [-0.05, 0) is 91.2 Å². The molecule has 0 saturated heterocycles. The molecule has 0 N–H and O–H groups in total. The monoisotopic (exact) mass is 362 g/mol. The molecule has 4 aliphatic carbocycles. The Morgan fingerprint density at radius 1 is 0.926 bits per heavy atom. The predicted molar refractivity (Wildman–Crippen MR) is 111 cm³/mol. The lowest BCUT2D eigenvalue weighted by Crippen LogP contribution is -2.52. The van der Waals surface area contributed by atoms with Crippen molar-refractivity contribution in [1.29, 1.82) is 0 Å². The van der Waals surface area contributed by atoms with Crippen molar-refractivity contribution < 1.29 is 4.79 Å². The highest BCUT2D eigenvalue weighted by atomic mass is 16.1. The van der Waals surface area contributed by atoms with Gasteiger partial charge in [-0.15, -0.1) is 0 Å². The molecule has 0 aliphatic heterocycles. The quantitative estimate of drug-likeness (QED) is 0.509. The summed E-state index contributed by atoms with van der Waals surface area (Å²) in [7, 11) is 0. The number of rotatable bonds is 1. The maximum absolute atomic E-state index is 13.4. The van der Waals surface area contributed by atoms with E-state index < -0.39 is 0 Å². The maximum atomic E-state index is 13.4. The lowest BCUT2D eigenvalue weighted by molar-refractivity contribution is -0.137. The number of fused-ring (bicyclic) bond motifs is 5. The number of ketones is 1. The van der Waals surface area contributed by atoms with Gasteiger partial charge in [0, 0.05) is 5.41 Å². The molecule has 144 valence electrons. The molecule has 0 spiro atoms. The minimum Gasteiger partial charge on any atom is -0.294 e. The van der Waals surface area contributed by atoms with Crippen LogP contribution in [0.3, 0.4) is 0 Å². The van der Waals surface area contributed by atoms with Gasteiger partial charge in [0.2, 0.25) is 0 Å². The molecule has 0 radical (unpaired) electrons. The van der Waals surface area contributed by atoms with Crippen molar-refractivity contribution in [3.05, 3.63) is 41.5 Å². The molecule has 4 saturated carbocycles. The summed E-state index contributed by atoms with van der Waals surface area (Å²) in [6.07, 6.45) is 14.2. The molecule has 6 atom stereocenters. The Labute approximate surface area is 164 Å². The van der Waals surface area contributed by atoms with Crippen LogP contribution in [-0.2, 0) is 4.79 Å². The third kappa shape index (κ3) is 2.60. The molecule has 5 rings (SSSR count). The Hall–Kier alpha value is -1.37. The van der Waals surface area contributed by atoms with Crippen LogP contribution in [0, 0.1) is 34.5 Å². The molecule has 0 bridgehead atoms. The average Bonchev–Trinajstić information content (AvgIpc) is 2.93. The fourth-order valence-corrected chi connectivity index (χ4v) is 7.85. The molecule has 0 amide bonds. The minimum atomic E-state index is -0.0976. The zero-order valence-corrected chi connectivity index (χ0v) is 17.0. The van der Waals surface area contributed by atoms with E-state index in [4.69, 9.17) is 0 Å². The molecule has 1 aromatic carbocycles. The predicted octanol–water partition coefficient (Wildman–Crippen LogP) is 6.68. The fourth-order valence-electron chi connectivity index (χ4n) is 7.85. The van der Waals surface area contributed by atoms with E-state index in [1.807, 2.05) is 6.07 Å². The summed E-state index contributed by atoms with van der Waals surface area (Å²) in [6, 6.07) is 10.4. The number of carbonyl (C=O) groups is 1. The number of benzene rings is 1. The Morgan fingerprint density at radius 3 is 2.56 bits per heavy atom. The smallest absolute Gasteiger partial charge is 0.165 e. The summed E-state index contributed by atoms with van der Waals surface area (Å²) in [4.78, 5) is 13.4. The van der Waals surface area contributed by atoms with Gasteiger partial charge in [0.05, 0.1) is 0 Å². The van der Waals surface area contributed by atoms with Gasteiger partial charge >= 0.3 is 0 Å². The van der Waals surface area contributed by atoms with Crippen molar-refractivity contribution in [2.45, 2.75) is 71.6 Å². The lowest BCUT2D eigenvalue weighted by Gasteiger charge is -2.59. The fraction of sp³-hybridized carbons (Fsp3) is 0.654. The van der Waals surface area contributed by atoms with Crippen LogP contribution in [0.25, 0.3) is 6.08 Å². The summed E-state index contributed by atoms with van der Waals surface area (Å²) in [5.41, 5.74) is 2.74. The van der Waals surface area contributed by atoms with Crippen LogP contribution in [-0.4, -0.2) is 5.78 Å². The van der Waals surface area contributed by atoms with E-state index in [0.29, 0.717) is 17.1 Å². The van der Waals surface area contributed by atoms with E-state index >= 15 is 0 Å². The highest BCUT2D eigenvalue weighted by molar-refractivity contribution is 6.05. The van der Waals surface area contributed by atoms with E-state index in [1.165, 1.54) is 50.5 Å². The minimum absolute atomic E-state index is 0.0976. The van der Waals surface area contributed by atoms with Gasteiger partial charge in [0.25, 0.3) is 0 Å². The molecule has 0 aromatic heterocycles. The molecular weight excluding hydrogens is 328 g/mol. The highest BCUT2D eigenvalue weighted by Crippen LogP contribution is 2.66. The van der Waals surface area contributed by atoms with Gasteiger partial charge in [-0.1, -0.05) is 57.0 Å². The zero-order valence-electron chi connectivity index (χ0n) is 17.0. The molecule has 0 heterocycles. The Balaban J connectivity index is 1.47. The average molecular weight is 363 g/mol. The van der Waals surface area contributed by atoms with Crippen LogP contribution in [0.2, 0.25) is 0 Å². The second-order valence-electron chi connectivity index (χ2n) is 10.5. The zero-order chi connectivity index (χ0) is 18.6. The first-order valence-corrected chi connectivity index (χ1v) is 11.3. The van der Waals surface area contributed by atoms with Crippen LogP contribution in [0.15, 0.2) is 35.9 Å². The second-order valence-corrected chi connectivity index (χ2v) is 10.5. The van der Waals surface area contributed by atoms with E-state index in [1.54, 1.807) is 0 Å². The van der Waals surface area contributed by atoms with Crippen molar-refractivity contribution >= 4 is 11.9 Å². The number of Topliss-reactive ketones (excluding diaryl/α,β-unsaturated/α-hetero) is 1. The van der Waals surface area contributed by atoms with Crippen LogP contribution in [0.5, 0.6) is 0 Å².